The van der Waals surface area contributed by atoms with E-state index in [4.69, 9.17) is 22.3 Å². The highest BCUT2D eigenvalue weighted by atomic mass is 16.4. The molecule has 1 aliphatic heterocycles. The minimum absolute atomic E-state index is 0.214. The summed E-state index contributed by atoms with van der Waals surface area (Å²) >= 11 is 0. The van der Waals surface area contributed by atoms with Gasteiger partial charge in [0.1, 0.15) is 18.1 Å². The number of nitrogens with one attached hydrogen (secondary N) is 2. The van der Waals surface area contributed by atoms with E-state index in [1.54, 1.807) is 0 Å². The topological polar surface area (TPSA) is 228 Å². The maximum atomic E-state index is 12.6. The number of carboxylic acids is 1. The summed E-state index contributed by atoms with van der Waals surface area (Å²) in [7, 11) is 0. The first-order valence-corrected chi connectivity index (χ1v) is 8.90. The molecule has 1 heterocycles. The van der Waals surface area contributed by atoms with Crippen molar-refractivity contribution in [3.05, 3.63) is 0 Å². The molecule has 1 rings (SSSR count). The van der Waals surface area contributed by atoms with E-state index in [0.29, 0.717) is 6.42 Å². The summed E-state index contributed by atoms with van der Waals surface area (Å²) in [5.41, 5.74) is 15.8. The van der Waals surface area contributed by atoms with Crippen LogP contribution < -0.4 is 27.8 Å². The number of aliphatic carboxylic acids is 1. The van der Waals surface area contributed by atoms with E-state index in [-0.39, 0.29) is 19.4 Å². The molecule has 1 fully saturated rings. The van der Waals surface area contributed by atoms with Gasteiger partial charge in [-0.15, -0.1) is 0 Å². The van der Waals surface area contributed by atoms with Crippen molar-refractivity contribution in [2.45, 2.75) is 56.8 Å². The van der Waals surface area contributed by atoms with Gasteiger partial charge in [0.05, 0.1) is 18.9 Å². The minimum atomic E-state index is -1.42. The summed E-state index contributed by atoms with van der Waals surface area (Å²) in [5.74, 6) is -5.25. The van der Waals surface area contributed by atoms with Crippen LogP contribution in [0.15, 0.2) is 0 Å². The Morgan fingerprint density at radius 3 is 2.17 bits per heavy atom. The van der Waals surface area contributed by atoms with Crippen LogP contribution in [0.4, 0.5) is 0 Å². The van der Waals surface area contributed by atoms with Crippen molar-refractivity contribution in [3.63, 3.8) is 0 Å². The van der Waals surface area contributed by atoms with Gasteiger partial charge in [0.2, 0.25) is 29.5 Å². The molecule has 0 bridgehead atoms. The normalized spacial score (nSPS) is 19.0. The van der Waals surface area contributed by atoms with E-state index >= 15 is 0 Å². The first-order chi connectivity index (χ1) is 13.4. The van der Waals surface area contributed by atoms with Crippen LogP contribution in [0.5, 0.6) is 0 Å². The molecule has 1 saturated heterocycles. The van der Waals surface area contributed by atoms with Gasteiger partial charge in [-0.25, -0.2) is 0 Å². The van der Waals surface area contributed by atoms with Crippen molar-refractivity contribution in [2.75, 3.05) is 6.54 Å². The van der Waals surface area contributed by atoms with Crippen molar-refractivity contribution in [1.82, 2.24) is 15.5 Å². The van der Waals surface area contributed by atoms with Gasteiger partial charge in [-0.3, -0.25) is 28.8 Å². The predicted octanol–water partition coefficient (Wildman–Crippen LogP) is -3.87. The highest BCUT2D eigenvalue weighted by Gasteiger charge is 2.38. The number of rotatable bonds is 10. The lowest BCUT2D eigenvalue weighted by Gasteiger charge is -2.28. The third-order valence-corrected chi connectivity index (χ3v) is 4.34. The number of hydrogen-bond donors (Lipinski definition) is 6. The predicted molar refractivity (Wildman–Crippen MR) is 97.5 cm³/mol. The Kier molecular flexibility index (Phi) is 8.51. The van der Waals surface area contributed by atoms with Gasteiger partial charge in [-0.05, 0) is 19.8 Å². The van der Waals surface area contributed by atoms with Gasteiger partial charge in [0, 0.05) is 6.54 Å². The van der Waals surface area contributed by atoms with Gasteiger partial charge in [-0.2, -0.15) is 0 Å². The Labute approximate surface area is 166 Å². The van der Waals surface area contributed by atoms with Gasteiger partial charge < -0.3 is 37.8 Å². The zero-order valence-electron chi connectivity index (χ0n) is 15.9. The molecule has 4 atom stereocenters. The van der Waals surface area contributed by atoms with Crippen molar-refractivity contribution < 1.29 is 33.9 Å². The zero-order chi connectivity index (χ0) is 22.3. The second kappa shape index (κ2) is 10.4. The molecule has 13 nitrogen and oxygen atoms in total. The number of primary amides is 2. The highest BCUT2D eigenvalue weighted by Crippen LogP contribution is 2.19. The molecule has 0 aromatic carbocycles. The maximum Gasteiger partial charge on any atom is 0.325 e. The fourth-order valence-electron chi connectivity index (χ4n) is 2.87. The summed E-state index contributed by atoms with van der Waals surface area (Å²) in [5, 5.41) is 13.3. The van der Waals surface area contributed by atoms with Gasteiger partial charge >= 0.3 is 5.97 Å². The fraction of sp³-hybridized carbons (Fsp3) is 0.625. The number of nitrogens with zero attached hydrogens (tertiary/aromatic N) is 1. The lowest BCUT2D eigenvalue weighted by molar-refractivity contribution is -0.143. The molecule has 13 heteroatoms. The van der Waals surface area contributed by atoms with Crippen LogP contribution in [0.3, 0.4) is 0 Å². The largest absolute Gasteiger partial charge is 0.480 e. The number of carboxylic acid groups (broad SMARTS) is 1. The van der Waals surface area contributed by atoms with Crippen molar-refractivity contribution in [3.8, 4) is 0 Å². The van der Waals surface area contributed by atoms with E-state index in [1.165, 1.54) is 11.8 Å². The van der Waals surface area contributed by atoms with Gasteiger partial charge in [-0.1, -0.05) is 0 Å². The number of likely N-dealkylation sites (tertiary alicyclic amines) is 1. The highest BCUT2D eigenvalue weighted by molar-refractivity contribution is 5.96. The number of hydrogen-bond acceptors (Lipinski definition) is 7. The van der Waals surface area contributed by atoms with Gasteiger partial charge in [0.15, 0.2) is 0 Å². The number of amides is 5. The standard InChI is InChI=1S/C16H26N6O7/c1-7(16(28)29)20-13(25)9(6-12(19)24)21-14(26)10-3-2-4-22(10)15(27)8(17)5-11(18)23/h7-10H,2-6,17H2,1H3,(H2,18,23)(H2,19,24)(H,20,25)(H,21,26)(H,28,29)/t7-,8-,9-,10-/m0/s1. The molecule has 0 unspecified atom stereocenters. The van der Waals surface area contributed by atoms with Crippen LogP contribution in [-0.2, 0) is 28.8 Å². The van der Waals surface area contributed by atoms with Gasteiger partial charge in [0.25, 0.3) is 0 Å². The molecule has 5 amide bonds. The molecular formula is C16H26N6O7. The number of carbonyl (C=O) groups is 6. The summed E-state index contributed by atoms with van der Waals surface area (Å²) in [6.07, 6.45) is -0.192. The third-order valence-electron chi connectivity index (χ3n) is 4.34. The lowest BCUT2D eigenvalue weighted by Crippen LogP contribution is -2.57. The Morgan fingerprint density at radius 1 is 1.07 bits per heavy atom. The Hall–Kier alpha value is -3.22. The van der Waals surface area contributed by atoms with Crippen LogP contribution in [0.1, 0.15) is 32.6 Å². The molecular weight excluding hydrogens is 388 g/mol. The summed E-state index contributed by atoms with van der Waals surface area (Å²) in [6.45, 7) is 1.42. The molecule has 0 saturated carbocycles. The molecule has 162 valence electrons. The molecule has 0 aliphatic carbocycles. The average Bonchev–Trinajstić information content (AvgIpc) is 3.08. The fourth-order valence-corrected chi connectivity index (χ4v) is 2.87. The van der Waals surface area contributed by atoms with Crippen LogP contribution in [-0.4, -0.2) is 76.2 Å². The van der Waals surface area contributed by atoms with Crippen LogP contribution >= 0.6 is 0 Å². The van der Waals surface area contributed by atoms with Crippen LogP contribution in [0.2, 0.25) is 0 Å². The third kappa shape index (κ3) is 7.03. The van der Waals surface area contributed by atoms with E-state index in [0.717, 1.165) is 0 Å². The average molecular weight is 414 g/mol. The van der Waals surface area contributed by atoms with E-state index in [9.17, 15) is 28.8 Å². The molecule has 0 spiro atoms. The summed E-state index contributed by atoms with van der Waals surface area (Å²) in [6, 6.07) is -4.85. The quantitative estimate of drug-likeness (QED) is 0.207. The molecule has 0 radical (unpaired) electrons. The van der Waals surface area contributed by atoms with Crippen molar-refractivity contribution >= 4 is 35.5 Å². The zero-order valence-corrected chi connectivity index (χ0v) is 15.9. The first-order valence-electron chi connectivity index (χ1n) is 8.90. The van der Waals surface area contributed by atoms with E-state index in [2.05, 4.69) is 10.6 Å². The van der Waals surface area contributed by atoms with Crippen molar-refractivity contribution in [2.24, 2.45) is 17.2 Å². The van der Waals surface area contributed by atoms with E-state index < -0.39 is 66.1 Å². The van der Waals surface area contributed by atoms with Crippen molar-refractivity contribution in [1.29, 1.82) is 0 Å². The minimum Gasteiger partial charge on any atom is -0.480 e. The summed E-state index contributed by atoms with van der Waals surface area (Å²) < 4.78 is 0. The molecule has 29 heavy (non-hydrogen) atoms. The second-order valence-electron chi connectivity index (χ2n) is 6.77. The number of nitrogens with two attached hydrogens (primary N) is 3. The Balaban J connectivity index is 2.87. The molecule has 0 aromatic heterocycles. The molecule has 9 N–H and O–H groups in total. The monoisotopic (exact) mass is 414 g/mol. The van der Waals surface area contributed by atoms with Crippen LogP contribution in [0, 0.1) is 0 Å². The maximum absolute atomic E-state index is 12.6. The molecule has 0 aromatic rings. The molecule has 1 aliphatic rings. The lowest BCUT2D eigenvalue weighted by atomic mass is 10.1. The number of carbonyl (C=O) groups excluding carboxylic acids is 5. The SMILES string of the molecule is C[C@H](NC(=O)[C@H](CC(N)=O)NC(=O)[C@@H]1CCCN1C(=O)[C@@H](N)CC(N)=O)C(=O)O. The smallest absolute Gasteiger partial charge is 0.325 e. The van der Waals surface area contributed by atoms with Crippen LogP contribution in [0.25, 0.3) is 0 Å². The Bertz CT molecular complexity index is 697. The summed E-state index contributed by atoms with van der Waals surface area (Å²) in [4.78, 5) is 71.6. The second-order valence-corrected chi connectivity index (χ2v) is 6.77. The first kappa shape index (κ1) is 23.8. The van der Waals surface area contributed by atoms with E-state index in [1.807, 2.05) is 0 Å². The Morgan fingerprint density at radius 2 is 1.66 bits per heavy atom.